The molecule has 4 atom stereocenters. The lowest BCUT2D eigenvalue weighted by Crippen LogP contribution is -2.31. The van der Waals surface area contributed by atoms with Crippen molar-refractivity contribution in [3.8, 4) is 11.6 Å². The molecule has 17 rings (SSSR count). The van der Waals surface area contributed by atoms with Gasteiger partial charge in [-0.1, -0.05) is 164 Å². The summed E-state index contributed by atoms with van der Waals surface area (Å²) in [5.74, 6) is 2.19. The van der Waals surface area contributed by atoms with Gasteiger partial charge in [-0.2, -0.15) is 15.0 Å². The lowest BCUT2D eigenvalue weighted by molar-refractivity contribution is 0.720. The van der Waals surface area contributed by atoms with E-state index in [9.17, 15) is 0 Å². The molecule has 0 bridgehead atoms. The Morgan fingerprint density at radius 2 is 0.818 bits per heavy atom. The second-order valence-electron chi connectivity index (χ2n) is 21.0. The molecule has 0 saturated heterocycles. The standard InChI is InChI=1S/C69H48N8/c1-3-19-44(20-4-1)74-59-31-15-9-25-49(59)53-41-65-55(39-63(53)74)51-27-11-17-33-61(51)76(65)68-70-67(43-35-37-46(38-36-43)73-57-29-13-7-23-47(57)48-24-8-14-30-58(48)73)71-69(72-68)77-62-34-18-12-28-52(62)56-40-64-54(42-66(56)77)50-26-10-16-32-60(50)75(64)45-21-5-2-6-22-45/h1-35,37,39-42,49,51,59,61H,36,38H2. The van der Waals surface area contributed by atoms with Gasteiger partial charge < -0.3 is 18.9 Å². The highest BCUT2D eigenvalue weighted by Crippen LogP contribution is 2.55. The maximum absolute atomic E-state index is 5.72. The summed E-state index contributed by atoms with van der Waals surface area (Å²) < 4.78 is 7.14. The fraction of sp³-hybridized carbons (Fsp3) is 0.0870. The average molecular weight is 989 g/mol. The molecule has 0 amide bonds. The third-order valence-corrected chi connectivity index (χ3v) is 17.0. The van der Waals surface area contributed by atoms with Crippen LogP contribution in [-0.4, -0.2) is 40.7 Å². The van der Waals surface area contributed by atoms with Crippen molar-refractivity contribution in [1.82, 2.24) is 28.7 Å². The number of hydrogen-bond acceptors (Lipinski definition) is 5. The molecule has 8 heteroatoms. The molecule has 0 spiro atoms. The number of anilines is 4. The first-order chi connectivity index (χ1) is 38.2. The zero-order valence-electron chi connectivity index (χ0n) is 41.9. The summed E-state index contributed by atoms with van der Waals surface area (Å²) in [6, 6.07) is 66.4. The normalized spacial score (nSPS) is 19.2. The van der Waals surface area contributed by atoms with Crippen LogP contribution in [-0.2, 0) is 0 Å². The molecule has 8 nitrogen and oxygen atoms in total. The van der Waals surface area contributed by atoms with Crippen LogP contribution in [0, 0.1) is 0 Å². The Labute approximate surface area is 444 Å². The number of rotatable bonds is 6. The van der Waals surface area contributed by atoms with Gasteiger partial charge in [0.05, 0.1) is 45.2 Å². The lowest BCUT2D eigenvalue weighted by atomic mass is 9.88. The van der Waals surface area contributed by atoms with E-state index in [-0.39, 0.29) is 23.9 Å². The number of allylic oxidation sites excluding steroid dienone is 8. The van der Waals surface area contributed by atoms with Crippen molar-refractivity contribution in [3.05, 3.63) is 260 Å². The van der Waals surface area contributed by atoms with Gasteiger partial charge >= 0.3 is 0 Å². The molecule has 4 unspecified atom stereocenters. The van der Waals surface area contributed by atoms with E-state index in [0.717, 1.165) is 57.1 Å². The zero-order valence-corrected chi connectivity index (χ0v) is 41.9. The maximum Gasteiger partial charge on any atom is 0.240 e. The maximum atomic E-state index is 5.72. The van der Waals surface area contributed by atoms with E-state index < -0.39 is 0 Å². The third-order valence-electron chi connectivity index (χ3n) is 17.0. The van der Waals surface area contributed by atoms with Gasteiger partial charge in [-0.15, -0.1) is 0 Å². The Bertz CT molecular complexity index is 4620. The summed E-state index contributed by atoms with van der Waals surface area (Å²) in [5, 5.41) is 7.18. The number of para-hydroxylation sites is 6. The third kappa shape index (κ3) is 6.18. The van der Waals surface area contributed by atoms with Crippen molar-refractivity contribution in [1.29, 1.82) is 0 Å². The van der Waals surface area contributed by atoms with E-state index in [1.165, 1.54) is 66.3 Å². The van der Waals surface area contributed by atoms with E-state index in [4.69, 9.17) is 15.0 Å². The first-order valence-electron chi connectivity index (χ1n) is 26.9. The molecule has 364 valence electrons. The van der Waals surface area contributed by atoms with Crippen LogP contribution in [0.25, 0.3) is 88.3 Å². The van der Waals surface area contributed by atoms with E-state index in [0.29, 0.717) is 17.7 Å². The smallest absolute Gasteiger partial charge is 0.240 e. The molecule has 12 aromatic rings. The number of nitrogens with zero attached hydrogens (tertiary/aromatic N) is 8. The van der Waals surface area contributed by atoms with Crippen LogP contribution >= 0.6 is 0 Å². The predicted molar refractivity (Wildman–Crippen MR) is 316 cm³/mol. The van der Waals surface area contributed by atoms with Crippen LogP contribution in [0.15, 0.2) is 243 Å². The molecule has 3 aliphatic carbocycles. The van der Waals surface area contributed by atoms with Crippen molar-refractivity contribution in [2.24, 2.45) is 0 Å². The van der Waals surface area contributed by atoms with Crippen molar-refractivity contribution < 1.29 is 0 Å². The van der Waals surface area contributed by atoms with Crippen molar-refractivity contribution >= 4 is 99.7 Å². The monoisotopic (exact) mass is 988 g/mol. The zero-order chi connectivity index (χ0) is 50.3. The molecule has 8 aromatic carbocycles. The molecule has 0 saturated carbocycles. The van der Waals surface area contributed by atoms with Crippen molar-refractivity contribution in [2.45, 2.75) is 36.8 Å². The quantitative estimate of drug-likeness (QED) is 0.166. The molecular formula is C69H48N8. The Morgan fingerprint density at radius 1 is 0.351 bits per heavy atom. The van der Waals surface area contributed by atoms with E-state index in [1.807, 2.05) is 0 Å². The van der Waals surface area contributed by atoms with Gasteiger partial charge in [0.1, 0.15) is 0 Å². The predicted octanol–water partition coefficient (Wildman–Crippen LogP) is 16.4. The van der Waals surface area contributed by atoms with Crippen LogP contribution in [0.3, 0.4) is 0 Å². The highest BCUT2D eigenvalue weighted by molar-refractivity contribution is 6.19. The van der Waals surface area contributed by atoms with Gasteiger partial charge in [-0.3, -0.25) is 4.57 Å². The van der Waals surface area contributed by atoms with Crippen LogP contribution in [0.4, 0.5) is 23.0 Å². The van der Waals surface area contributed by atoms with E-state index in [1.54, 1.807) is 0 Å². The topological polar surface area (TPSA) is 59.9 Å². The summed E-state index contributed by atoms with van der Waals surface area (Å²) in [4.78, 5) is 21.9. The number of hydrogen-bond donors (Lipinski definition) is 0. The minimum Gasteiger partial charge on any atom is -0.333 e. The molecule has 5 aliphatic rings. The lowest BCUT2D eigenvalue weighted by Gasteiger charge is -2.29. The van der Waals surface area contributed by atoms with Crippen LogP contribution in [0.2, 0.25) is 0 Å². The minimum absolute atomic E-state index is 0.0487. The molecule has 4 aromatic heterocycles. The molecule has 0 N–H and O–H groups in total. The fourth-order valence-electron chi connectivity index (χ4n) is 13.7. The van der Waals surface area contributed by atoms with Crippen LogP contribution < -0.4 is 9.80 Å². The largest absolute Gasteiger partial charge is 0.333 e. The molecule has 0 radical (unpaired) electrons. The van der Waals surface area contributed by atoms with Crippen LogP contribution in [0.1, 0.15) is 41.6 Å². The summed E-state index contributed by atoms with van der Waals surface area (Å²) >= 11 is 0. The Kier molecular flexibility index (Phi) is 9.04. The Hall–Kier alpha value is -9.79. The Balaban J connectivity index is 0.902. The molecular weight excluding hydrogens is 941 g/mol. The SMILES string of the molecule is C1=CC2c3cc4c(cc3N(c3ccccc3)C2C=C1)C1C=CC=CC1N4c1nc(C2=CC=C(n3c4ccccc4c4ccccc43)CC2)nc(-n2c3ccccc3c3cc4c(cc32)c2ccccc2n4-c2ccccc2)n1. The number of aromatic nitrogens is 6. The molecule has 2 aliphatic heterocycles. The van der Waals surface area contributed by atoms with Crippen LogP contribution in [0.5, 0.6) is 0 Å². The average Bonchev–Trinajstić information content (AvgIpc) is 4.39. The second-order valence-corrected chi connectivity index (χ2v) is 21.0. The summed E-state index contributed by atoms with van der Waals surface area (Å²) in [7, 11) is 0. The first kappa shape index (κ1) is 42.6. The van der Waals surface area contributed by atoms with Gasteiger partial charge in [0.2, 0.25) is 11.9 Å². The molecule has 77 heavy (non-hydrogen) atoms. The highest BCUT2D eigenvalue weighted by Gasteiger charge is 2.44. The number of benzene rings is 8. The first-order valence-corrected chi connectivity index (χ1v) is 26.9. The summed E-state index contributed by atoms with van der Waals surface area (Å²) in [6.45, 7) is 0. The second kappa shape index (κ2) is 16.4. The summed E-state index contributed by atoms with van der Waals surface area (Å²) in [5.41, 5.74) is 16.5. The fourth-order valence-corrected chi connectivity index (χ4v) is 13.7. The highest BCUT2D eigenvalue weighted by atomic mass is 15.3. The van der Waals surface area contributed by atoms with Gasteiger partial charge in [0.15, 0.2) is 5.82 Å². The molecule has 0 fully saturated rings. The summed E-state index contributed by atoms with van der Waals surface area (Å²) in [6.07, 6.45) is 24.4. The Morgan fingerprint density at radius 3 is 1.40 bits per heavy atom. The van der Waals surface area contributed by atoms with Crippen molar-refractivity contribution in [3.63, 3.8) is 0 Å². The van der Waals surface area contributed by atoms with Gasteiger partial charge in [0.25, 0.3) is 0 Å². The molecule has 6 heterocycles. The minimum atomic E-state index is -0.0487. The van der Waals surface area contributed by atoms with Gasteiger partial charge in [-0.05, 0) is 108 Å². The van der Waals surface area contributed by atoms with Crippen molar-refractivity contribution in [2.75, 3.05) is 9.80 Å². The van der Waals surface area contributed by atoms with E-state index >= 15 is 0 Å². The van der Waals surface area contributed by atoms with Gasteiger partial charge in [-0.25, -0.2) is 0 Å². The van der Waals surface area contributed by atoms with Gasteiger partial charge in [0, 0.05) is 72.6 Å². The number of fused-ring (bicyclic) bond motifs is 15. The van der Waals surface area contributed by atoms with E-state index in [2.05, 4.69) is 266 Å².